The van der Waals surface area contributed by atoms with Gasteiger partial charge in [-0.1, -0.05) is 47.7 Å². The van der Waals surface area contributed by atoms with Gasteiger partial charge in [-0.2, -0.15) is 0 Å². The Morgan fingerprint density at radius 2 is 1.96 bits per heavy atom. The van der Waals surface area contributed by atoms with Crippen LogP contribution in [0.5, 0.6) is 0 Å². The Labute approximate surface area is 162 Å². The second kappa shape index (κ2) is 8.83. The first-order valence-electron chi connectivity index (χ1n) is 8.05. The van der Waals surface area contributed by atoms with Crippen molar-refractivity contribution in [2.24, 2.45) is 0 Å². The van der Waals surface area contributed by atoms with Crippen LogP contribution in [0.3, 0.4) is 0 Å². The van der Waals surface area contributed by atoms with Gasteiger partial charge in [0, 0.05) is 5.75 Å². The van der Waals surface area contributed by atoms with Crippen LogP contribution in [0.25, 0.3) is 0 Å². The smallest absolute Gasteiger partial charge is 0.249 e. The lowest BCUT2D eigenvalue weighted by Gasteiger charge is -2.27. The van der Waals surface area contributed by atoms with Gasteiger partial charge in [0.25, 0.3) is 0 Å². The molecule has 0 spiro atoms. The highest BCUT2D eigenvalue weighted by atomic mass is 32.2. The van der Waals surface area contributed by atoms with E-state index in [-0.39, 0.29) is 0 Å². The second-order valence-corrected chi connectivity index (χ2v) is 9.96. The molecule has 1 aromatic carbocycles. The average molecular weight is 415 g/mol. The van der Waals surface area contributed by atoms with Gasteiger partial charge < -0.3 is 0 Å². The SMILES string of the molecule is CCCSc1nnc(NC(=O)[C@H](C)N(c2ccc(C)cc2)S(C)(=O)=O)s1. The molecule has 10 heteroatoms. The monoisotopic (exact) mass is 414 g/mol. The van der Waals surface area contributed by atoms with E-state index >= 15 is 0 Å². The van der Waals surface area contributed by atoms with Crippen molar-refractivity contribution in [2.45, 2.75) is 37.6 Å². The molecule has 0 aliphatic heterocycles. The van der Waals surface area contributed by atoms with E-state index in [1.807, 2.05) is 6.92 Å². The van der Waals surface area contributed by atoms with E-state index in [0.717, 1.165) is 32.6 Å². The summed E-state index contributed by atoms with van der Waals surface area (Å²) in [6.45, 7) is 5.53. The van der Waals surface area contributed by atoms with Crippen LogP contribution in [0, 0.1) is 6.92 Å². The molecule has 0 fully saturated rings. The highest BCUT2D eigenvalue weighted by molar-refractivity contribution is 8.01. The molecule has 142 valence electrons. The minimum absolute atomic E-state index is 0.359. The summed E-state index contributed by atoms with van der Waals surface area (Å²) in [6, 6.07) is 6.05. The van der Waals surface area contributed by atoms with E-state index in [9.17, 15) is 13.2 Å². The number of nitrogens with zero attached hydrogens (tertiary/aromatic N) is 3. The largest absolute Gasteiger partial charge is 0.299 e. The fourth-order valence-corrected chi connectivity index (χ4v) is 5.07. The van der Waals surface area contributed by atoms with Gasteiger partial charge in [0.05, 0.1) is 11.9 Å². The fraction of sp³-hybridized carbons (Fsp3) is 0.438. The number of rotatable bonds is 8. The number of nitrogens with one attached hydrogen (secondary N) is 1. The fourth-order valence-electron chi connectivity index (χ4n) is 2.22. The Kier molecular flexibility index (Phi) is 7.01. The molecule has 1 atom stereocenters. The van der Waals surface area contributed by atoms with Crippen molar-refractivity contribution < 1.29 is 13.2 Å². The zero-order chi connectivity index (χ0) is 19.3. The number of aromatic nitrogens is 2. The zero-order valence-electron chi connectivity index (χ0n) is 15.1. The molecule has 0 radical (unpaired) electrons. The Bertz CT molecular complexity index is 850. The normalized spacial score (nSPS) is 12.6. The molecule has 1 amide bonds. The quantitative estimate of drug-likeness (QED) is 0.527. The molecule has 1 aromatic heterocycles. The minimum atomic E-state index is -3.64. The molecule has 0 saturated carbocycles. The molecule has 0 aliphatic carbocycles. The van der Waals surface area contributed by atoms with Gasteiger partial charge in [0.2, 0.25) is 21.1 Å². The van der Waals surface area contributed by atoms with Gasteiger partial charge in [-0.3, -0.25) is 14.4 Å². The molecule has 1 N–H and O–H groups in total. The average Bonchev–Trinajstić information content (AvgIpc) is 3.01. The van der Waals surface area contributed by atoms with E-state index in [4.69, 9.17) is 0 Å². The predicted molar refractivity (Wildman–Crippen MR) is 108 cm³/mol. The molecule has 1 heterocycles. The third-order valence-electron chi connectivity index (χ3n) is 3.44. The summed E-state index contributed by atoms with van der Waals surface area (Å²) in [6.07, 6.45) is 2.10. The summed E-state index contributed by atoms with van der Waals surface area (Å²) in [7, 11) is -3.64. The number of carbonyl (C=O) groups is 1. The molecule has 0 bridgehead atoms. The topological polar surface area (TPSA) is 92.3 Å². The van der Waals surface area contributed by atoms with Crippen LogP contribution < -0.4 is 9.62 Å². The van der Waals surface area contributed by atoms with Crippen LogP contribution in [0.2, 0.25) is 0 Å². The number of hydrogen-bond acceptors (Lipinski definition) is 7. The Balaban J connectivity index is 2.17. The maximum Gasteiger partial charge on any atom is 0.249 e. The molecule has 2 aromatic rings. The van der Waals surface area contributed by atoms with Gasteiger partial charge in [-0.05, 0) is 32.4 Å². The summed E-state index contributed by atoms with van der Waals surface area (Å²) in [5.41, 5.74) is 1.45. The van der Waals surface area contributed by atoms with Gasteiger partial charge in [-0.15, -0.1) is 10.2 Å². The van der Waals surface area contributed by atoms with Gasteiger partial charge in [-0.25, -0.2) is 8.42 Å². The van der Waals surface area contributed by atoms with Crippen molar-refractivity contribution in [1.29, 1.82) is 0 Å². The van der Waals surface area contributed by atoms with Crippen molar-refractivity contribution in [3.8, 4) is 0 Å². The molecule has 2 rings (SSSR count). The van der Waals surface area contributed by atoms with Crippen molar-refractivity contribution in [2.75, 3.05) is 21.6 Å². The lowest BCUT2D eigenvalue weighted by Crippen LogP contribution is -2.45. The van der Waals surface area contributed by atoms with Gasteiger partial charge in [0.15, 0.2) is 4.34 Å². The molecule has 7 nitrogen and oxygen atoms in total. The minimum Gasteiger partial charge on any atom is -0.299 e. The van der Waals surface area contributed by atoms with Crippen molar-refractivity contribution in [3.05, 3.63) is 29.8 Å². The lowest BCUT2D eigenvalue weighted by atomic mass is 10.2. The molecule has 0 saturated heterocycles. The Morgan fingerprint density at radius 3 is 2.54 bits per heavy atom. The first-order valence-corrected chi connectivity index (χ1v) is 11.7. The number of carbonyl (C=O) groups excluding carboxylic acids is 1. The highest BCUT2D eigenvalue weighted by Gasteiger charge is 2.29. The molecular formula is C16H22N4O3S3. The maximum absolute atomic E-state index is 12.6. The molecule has 0 aliphatic rings. The highest BCUT2D eigenvalue weighted by Crippen LogP contribution is 2.27. The summed E-state index contributed by atoms with van der Waals surface area (Å²) in [5, 5.41) is 11.0. The van der Waals surface area contributed by atoms with Gasteiger partial charge in [0.1, 0.15) is 6.04 Å². The Hall–Kier alpha value is -1.65. The van der Waals surface area contributed by atoms with Crippen LogP contribution in [0.4, 0.5) is 10.8 Å². The number of hydrogen-bond donors (Lipinski definition) is 1. The van der Waals surface area contributed by atoms with E-state index in [2.05, 4.69) is 22.4 Å². The number of thioether (sulfide) groups is 1. The first-order chi connectivity index (χ1) is 12.2. The van der Waals surface area contributed by atoms with Crippen LogP contribution in [-0.2, 0) is 14.8 Å². The van der Waals surface area contributed by atoms with Gasteiger partial charge >= 0.3 is 0 Å². The third-order valence-corrected chi connectivity index (χ3v) is 6.86. The van der Waals surface area contributed by atoms with E-state index in [0.29, 0.717) is 10.8 Å². The molecular weight excluding hydrogens is 392 g/mol. The third kappa shape index (κ3) is 5.42. The predicted octanol–water partition coefficient (Wildman–Crippen LogP) is 3.14. The number of amides is 1. The number of anilines is 2. The molecule has 26 heavy (non-hydrogen) atoms. The van der Waals surface area contributed by atoms with Crippen molar-refractivity contribution in [3.63, 3.8) is 0 Å². The van der Waals surface area contributed by atoms with Crippen LogP contribution in [-0.4, -0.2) is 42.6 Å². The summed E-state index contributed by atoms with van der Waals surface area (Å²) in [4.78, 5) is 12.6. The van der Waals surface area contributed by atoms with Crippen molar-refractivity contribution >= 4 is 49.8 Å². The number of sulfonamides is 1. The van der Waals surface area contributed by atoms with Crippen molar-refractivity contribution in [1.82, 2.24) is 10.2 Å². The van der Waals surface area contributed by atoms with Crippen LogP contribution in [0.15, 0.2) is 28.6 Å². The van der Waals surface area contributed by atoms with E-state index in [1.54, 1.807) is 43.0 Å². The lowest BCUT2D eigenvalue weighted by molar-refractivity contribution is -0.116. The van der Waals surface area contributed by atoms with Crippen LogP contribution in [0.1, 0.15) is 25.8 Å². The standard InChI is InChI=1S/C16H22N4O3S3/c1-5-10-24-16-19-18-15(25-16)17-14(21)12(3)20(26(4,22)23)13-8-6-11(2)7-9-13/h6-9,12H,5,10H2,1-4H3,(H,17,18,21)/t12-/m0/s1. The Morgan fingerprint density at radius 1 is 1.31 bits per heavy atom. The summed E-state index contributed by atoms with van der Waals surface area (Å²) >= 11 is 2.85. The number of benzene rings is 1. The van der Waals surface area contributed by atoms with Crippen LogP contribution >= 0.6 is 23.1 Å². The maximum atomic E-state index is 12.6. The van der Waals surface area contributed by atoms with E-state index in [1.165, 1.54) is 11.3 Å². The number of aryl methyl sites for hydroxylation is 1. The zero-order valence-corrected chi connectivity index (χ0v) is 17.5. The van der Waals surface area contributed by atoms with E-state index < -0.39 is 22.0 Å². The first kappa shape index (κ1) is 20.7. The second-order valence-electron chi connectivity index (χ2n) is 5.78. The summed E-state index contributed by atoms with van der Waals surface area (Å²) in [5.74, 6) is 0.466. The summed E-state index contributed by atoms with van der Waals surface area (Å²) < 4.78 is 26.4. The molecule has 0 unspecified atom stereocenters.